The third-order valence-corrected chi connectivity index (χ3v) is 6.97. The number of carbonyl (C=O) groups excluding carboxylic acids is 1. The van der Waals surface area contributed by atoms with Gasteiger partial charge in [0, 0.05) is 17.5 Å². The van der Waals surface area contributed by atoms with Crippen LogP contribution in [0.1, 0.15) is 53.5 Å². The number of carbonyl (C=O) groups is 1. The third kappa shape index (κ3) is 5.50. The molecule has 0 spiro atoms. The number of pyridine rings is 1. The van der Waals surface area contributed by atoms with Crippen molar-refractivity contribution in [2.24, 2.45) is 11.7 Å². The first-order valence-electron chi connectivity index (χ1n) is 13.2. The number of rotatable bonds is 10. The molecule has 4 rings (SSSR count). The molecule has 1 heterocycles. The maximum Gasteiger partial charge on any atom is 0.259 e. The first-order valence-corrected chi connectivity index (χ1v) is 13.2. The summed E-state index contributed by atoms with van der Waals surface area (Å²) in [5.74, 6) is 0.508. The Morgan fingerprint density at radius 1 is 0.947 bits per heavy atom. The van der Waals surface area contributed by atoms with Crippen molar-refractivity contribution in [3.8, 4) is 5.75 Å². The van der Waals surface area contributed by atoms with E-state index in [1.54, 1.807) is 11.7 Å². The Labute approximate surface area is 224 Å². The van der Waals surface area contributed by atoms with Gasteiger partial charge in [0.1, 0.15) is 5.75 Å². The summed E-state index contributed by atoms with van der Waals surface area (Å²) in [5.41, 5.74) is 9.20. The number of fused-ring (bicyclic) bond motifs is 1. The number of hydrogen-bond donors (Lipinski definition) is 1. The number of amides is 1. The highest BCUT2D eigenvalue weighted by atomic mass is 16.5. The monoisotopic (exact) mass is 511 g/mol. The second-order valence-electron chi connectivity index (χ2n) is 10.0. The van der Waals surface area contributed by atoms with Crippen LogP contribution in [0, 0.1) is 12.8 Å². The Bertz CT molecular complexity index is 1440. The summed E-state index contributed by atoms with van der Waals surface area (Å²) < 4.78 is 7.85. The summed E-state index contributed by atoms with van der Waals surface area (Å²) >= 11 is 0. The predicted molar refractivity (Wildman–Crippen MR) is 154 cm³/mol. The van der Waals surface area contributed by atoms with Gasteiger partial charge in [0.15, 0.2) is 0 Å². The zero-order valence-corrected chi connectivity index (χ0v) is 22.7. The number of aromatic nitrogens is 1. The van der Waals surface area contributed by atoms with Crippen LogP contribution < -0.4 is 16.0 Å². The van der Waals surface area contributed by atoms with Crippen molar-refractivity contribution in [3.05, 3.63) is 112 Å². The number of methoxy groups -OCH3 is 1. The molecule has 0 bridgehead atoms. The Morgan fingerprint density at radius 3 is 2.18 bits per heavy atom. The molecule has 0 saturated carbocycles. The van der Waals surface area contributed by atoms with Crippen LogP contribution >= 0.6 is 0 Å². The molecule has 1 atom stereocenters. The maximum atomic E-state index is 14.1. The van der Waals surface area contributed by atoms with E-state index in [2.05, 4.69) is 13.8 Å². The van der Waals surface area contributed by atoms with Crippen molar-refractivity contribution in [3.63, 3.8) is 0 Å². The van der Waals surface area contributed by atoms with Crippen molar-refractivity contribution >= 4 is 16.7 Å². The molecule has 4 aromatic rings. The van der Waals surface area contributed by atoms with Gasteiger partial charge >= 0.3 is 0 Å². The fourth-order valence-electron chi connectivity index (χ4n) is 5.13. The largest absolute Gasteiger partial charge is 0.494 e. The van der Waals surface area contributed by atoms with Crippen LogP contribution in [0.3, 0.4) is 0 Å². The average molecular weight is 512 g/mol. The number of nitrogens with zero attached hydrogens (tertiary/aromatic N) is 2. The number of ether oxygens (including phenoxy) is 1. The van der Waals surface area contributed by atoms with E-state index in [4.69, 9.17) is 10.5 Å². The van der Waals surface area contributed by atoms with E-state index in [0.717, 1.165) is 16.5 Å². The molecular weight excluding hydrogens is 474 g/mol. The van der Waals surface area contributed by atoms with E-state index in [9.17, 15) is 9.59 Å². The van der Waals surface area contributed by atoms with Gasteiger partial charge in [-0.1, -0.05) is 80.1 Å². The first kappa shape index (κ1) is 27.1. The van der Waals surface area contributed by atoms with Gasteiger partial charge in [0.05, 0.1) is 30.8 Å². The van der Waals surface area contributed by atoms with E-state index in [0.29, 0.717) is 48.4 Å². The maximum absolute atomic E-state index is 14.1. The fraction of sp³-hybridized carbons (Fsp3) is 0.312. The molecule has 0 aliphatic carbocycles. The lowest BCUT2D eigenvalue weighted by molar-refractivity contribution is 0.0606. The molecule has 3 aromatic carbocycles. The van der Waals surface area contributed by atoms with E-state index in [1.165, 1.54) is 0 Å². The standard InChI is InChI=1S/C32H37N3O3/c1-22(2)28(34(20-10-19-33)31(36)25-17-15-23(3)16-18-25)29-30(38-4)26-13-8-9-14-27(26)32(37)35(29)21-24-11-6-5-7-12-24/h5-9,11-18,22,28H,10,19-21,33H2,1-4H3. The van der Waals surface area contributed by atoms with E-state index < -0.39 is 6.04 Å². The van der Waals surface area contributed by atoms with Crippen LogP contribution in [0.25, 0.3) is 10.8 Å². The fourth-order valence-corrected chi connectivity index (χ4v) is 5.13. The van der Waals surface area contributed by atoms with E-state index in [-0.39, 0.29) is 17.4 Å². The Morgan fingerprint density at radius 2 is 1.58 bits per heavy atom. The zero-order valence-electron chi connectivity index (χ0n) is 22.7. The second-order valence-corrected chi connectivity index (χ2v) is 10.0. The minimum atomic E-state index is -0.425. The van der Waals surface area contributed by atoms with E-state index in [1.807, 2.05) is 90.7 Å². The van der Waals surface area contributed by atoms with Crippen molar-refractivity contribution < 1.29 is 9.53 Å². The highest BCUT2D eigenvalue weighted by molar-refractivity contribution is 5.95. The van der Waals surface area contributed by atoms with Crippen molar-refractivity contribution in [2.45, 2.75) is 39.8 Å². The van der Waals surface area contributed by atoms with Gasteiger partial charge in [0.2, 0.25) is 0 Å². The zero-order chi connectivity index (χ0) is 27.2. The van der Waals surface area contributed by atoms with Gasteiger partial charge in [-0.25, -0.2) is 0 Å². The Kier molecular flexibility index (Phi) is 8.64. The number of hydrogen-bond acceptors (Lipinski definition) is 4. The molecule has 1 unspecified atom stereocenters. The summed E-state index contributed by atoms with van der Waals surface area (Å²) in [6, 6.07) is 24.6. The molecule has 0 radical (unpaired) electrons. The molecule has 1 aromatic heterocycles. The van der Waals surface area contributed by atoms with Crippen LogP contribution in [-0.2, 0) is 6.54 Å². The SMILES string of the molecule is COc1c(C(C(C)C)N(CCCN)C(=O)c2ccc(C)cc2)n(Cc2ccccc2)c(=O)c2ccccc12. The highest BCUT2D eigenvalue weighted by Gasteiger charge is 2.34. The van der Waals surface area contributed by atoms with Gasteiger partial charge in [-0.3, -0.25) is 9.59 Å². The average Bonchev–Trinajstić information content (AvgIpc) is 2.93. The lowest BCUT2D eigenvalue weighted by Gasteiger charge is -2.37. The summed E-state index contributed by atoms with van der Waals surface area (Å²) in [7, 11) is 1.63. The second kappa shape index (κ2) is 12.1. The molecule has 0 aliphatic rings. The molecule has 6 heteroatoms. The summed E-state index contributed by atoms with van der Waals surface area (Å²) in [4.78, 5) is 30.0. The van der Waals surface area contributed by atoms with Crippen molar-refractivity contribution in [1.29, 1.82) is 0 Å². The number of aryl methyl sites for hydroxylation is 1. The predicted octanol–water partition coefficient (Wildman–Crippen LogP) is 5.56. The topological polar surface area (TPSA) is 77.6 Å². The van der Waals surface area contributed by atoms with Crippen molar-refractivity contribution in [1.82, 2.24) is 9.47 Å². The van der Waals surface area contributed by atoms with Crippen molar-refractivity contribution in [2.75, 3.05) is 20.2 Å². The van der Waals surface area contributed by atoms with Gasteiger partial charge in [-0.15, -0.1) is 0 Å². The lowest BCUT2D eigenvalue weighted by Crippen LogP contribution is -2.42. The molecular formula is C32H37N3O3. The number of benzene rings is 3. The summed E-state index contributed by atoms with van der Waals surface area (Å²) in [6.07, 6.45) is 0.639. The van der Waals surface area contributed by atoms with Gasteiger partial charge in [0.25, 0.3) is 11.5 Å². The number of nitrogens with two attached hydrogens (primary N) is 1. The first-order chi connectivity index (χ1) is 18.4. The van der Waals surface area contributed by atoms with Gasteiger partial charge < -0.3 is 19.9 Å². The summed E-state index contributed by atoms with van der Waals surface area (Å²) in [6.45, 7) is 7.43. The van der Waals surface area contributed by atoms with Crippen LogP contribution in [0.4, 0.5) is 0 Å². The molecule has 0 saturated heterocycles. The lowest BCUT2D eigenvalue weighted by atomic mass is 9.93. The minimum absolute atomic E-state index is 0.0151. The molecule has 0 fully saturated rings. The normalized spacial score (nSPS) is 12.1. The smallest absolute Gasteiger partial charge is 0.259 e. The molecule has 2 N–H and O–H groups in total. The van der Waals surface area contributed by atoms with Crippen LogP contribution in [0.5, 0.6) is 5.75 Å². The molecule has 1 amide bonds. The summed E-state index contributed by atoms with van der Waals surface area (Å²) in [5, 5.41) is 1.33. The minimum Gasteiger partial charge on any atom is -0.494 e. The molecule has 6 nitrogen and oxygen atoms in total. The quantitative estimate of drug-likeness (QED) is 0.303. The molecule has 38 heavy (non-hydrogen) atoms. The van der Waals surface area contributed by atoms with Gasteiger partial charge in [-0.05, 0) is 49.6 Å². The Balaban J connectivity index is 2.00. The van der Waals surface area contributed by atoms with Crippen LogP contribution in [-0.4, -0.2) is 35.6 Å². The third-order valence-electron chi connectivity index (χ3n) is 6.97. The van der Waals surface area contributed by atoms with Crippen LogP contribution in [0.2, 0.25) is 0 Å². The molecule has 0 aliphatic heterocycles. The molecule has 198 valence electrons. The van der Waals surface area contributed by atoms with E-state index >= 15 is 0 Å². The van der Waals surface area contributed by atoms with Gasteiger partial charge in [-0.2, -0.15) is 0 Å². The Hall–Kier alpha value is -3.90. The van der Waals surface area contributed by atoms with Crippen LogP contribution in [0.15, 0.2) is 83.7 Å². The highest BCUT2D eigenvalue weighted by Crippen LogP contribution is 2.39.